The molecule has 0 atom stereocenters. The Hall–Kier alpha value is -1.61. The average Bonchev–Trinajstić information content (AvgIpc) is 2.36. The summed E-state index contributed by atoms with van der Waals surface area (Å²) in [5.74, 6) is -0.167. The van der Waals surface area contributed by atoms with Crippen LogP contribution in [-0.2, 0) is 27.3 Å². The Morgan fingerprint density at radius 3 is 2.50 bits per heavy atom. The normalized spacial score (nSPS) is 11.2. The quantitative estimate of drug-likeness (QED) is 0.433. The molecule has 0 aromatic heterocycles. The zero-order valence-electron chi connectivity index (χ0n) is 12.6. The summed E-state index contributed by atoms with van der Waals surface area (Å²) >= 11 is 0. The Morgan fingerprint density at radius 2 is 1.90 bits per heavy atom. The Morgan fingerprint density at radius 1 is 1.25 bits per heavy atom. The standard InChI is InChI=1S/C17H24O3/c1-5-12-19-13-15-9-7-6-8-14(15)10-11-16(18)20-17(2,3)4/h5-9H,1,10-13H2,2-4H3. The van der Waals surface area contributed by atoms with Gasteiger partial charge in [-0.15, -0.1) is 6.58 Å². The first-order valence-corrected chi connectivity index (χ1v) is 6.89. The third-order valence-corrected chi connectivity index (χ3v) is 2.63. The van der Waals surface area contributed by atoms with Crippen LogP contribution in [0.5, 0.6) is 0 Å². The van der Waals surface area contributed by atoms with Gasteiger partial charge in [-0.25, -0.2) is 0 Å². The molecule has 0 fully saturated rings. The summed E-state index contributed by atoms with van der Waals surface area (Å²) < 4.78 is 10.8. The molecule has 1 aromatic rings. The number of ether oxygens (including phenoxy) is 2. The van der Waals surface area contributed by atoms with Gasteiger partial charge in [0, 0.05) is 6.42 Å². The summed E-state index contributed by atoms with van der Waals surface area (Å²) in [6.07, 6.45) is 2.78. The van der Waals surface area contributed by atoms with Crippen molar-refractivity contribution in [3.05, 3.63) is 48.0 Å². The van der Waals surface area contributed by atoms with Crippen LogP contribution in [-0.4, -0.2) is 18.2 Å². The van der Waals surface area contributed by atoms with E-state index in [0.717, 1.165) is 11.1 Å². The fourth-order valence-electron chi connectivity index (χ4n) is 1.82. The smallest absolute Gasteiger partial charge is 0.306 e. The Bertz CT molecular complexity index is 444. The van der Waals surface area contributed by atoms with Crippen molar-refractivity contribution in [1.29, 1.82) is 0 Å². The molecule has 0 radical (unpaired) electrons. The first-order valence-electron chi connectivity index (χ1n) is 6.89. The highest BCUT2D eigenvalue weighted by molar-refractivity contribution is 5.70. The van der Waals surface area contributed by atoms with E-state index in [1.807, 2.05) is 45.0 Å². The van der Waals surface area contributed by atoms with Crippen LogP contribution in [0.1, 0.15) is 38.3 Å². The van der Waals surface area contributed by atoms with E-state index in [2.05, 4.69) is 6.58 Å². The van der Waals surface area contributed by atoms with Gasteiger partial charge in [-0.2, -0.15) is 0 Å². The zero-order valence-corrected chi connectivity index (χ0v) is 12.6. The number of esters is 1. The van der Waals surface area contributed by atoms with Gasteiger partial charge in [-0.1, -0.05) is 30.3 Å². The number of hydrogen-bond donors (Lipinski definition) is 0. The van der Waals surface area contributed by atoms with Crippen LogP contribution in [0.3, 0.4) is 0 Å². The minimum Gasteiger partial charge on any atom is -0.460 e. The molecule has 0 spiro atoms. The molecule has 20 heavy (non-hydrogen) atoms. The molecule has 110 valence electrons. The highest BCUT2D eigenvalue weighted by atomic mass is 16.6. The first-order chi connectivity index (χ1) is 9.42. The van der Waals surface area contributed by atoms with E-state index in [1.54, 1.807) is 6.08 Å². The average molecular weight is 276 g/mol. The van der Waals surface area contributed by atoms with Gasteiger partial charge >= 0.3 is 5.97 Å². The lowest BCUT2D eigenvalue weighted by Crippen LogP contribution is -2.24. The van der Waals surface area contributed by atoms with Crippen molar-refractivity contribution in [3.63, 3.8) is 0 Å². The van der Waals surface area contributed by atoms with E-state index in [-0.39, 0.29) is 5.97 Å². The summed E-state index contributed by atoms with van der Waals surface area (Å²) in [5, 5.41) is 0. The van der Waals surface area contributed by atoms with Crippen molar-refractivity contribution in [2.45, 2.75) is 45.8 Å². The number of carbonyl (C=O) groups excluding carboxylic acids is 1. The molecule has 0 unspecified atom stereocenters. The lowest BCUT2D eigenvalue weighted by atomic mass is 10.0. The fraction of sp³-hybridized carbons (Fsp3) is 0.471. The van der Waals surface area contributed by atoms with E-state index >= 15 is 0 Å². The molecule has 0 saturated carbocycles. The maximum Gasteiger partial charge on any atom is 0.306 e. The van der Waals surface area contributed by atoms with Crippen LogP contribution in [0.2, 0.25) is 0 Å². The van der Waals surface area contributed by atoms with Gasteiger partial charge in [-0.3, -0.25) is 4.79 Å². The Labute approximate surface area is 121 Å². The van der Waals surface area contributed by atoms with Gasteiger partial charge in [0.05, 0.1) is 13.2 Å². The summed E-state index contributed by atoms with van der Waals surface area (Å²) in [6.45, 7) is 10.3. The molecule has 0 saturated heterocycles. The molecule has 0 N–H and O–H groups in total. The molecule has 3 heteroatoms. The van der Waals surface area contributed by atoms with Crippen LogP contribution in [0.4, 0.5) is 0 Å². The number of rotatable bonds is 7. The lowest BCUT2D eigenvalue weighted by Gasteiger charge is -2.19. The van der Waals surface area contributed by atoms with Gasteiger partial charge in [-0.05, 0) is 38.3 Å². The van der Waals surface area contributed by atoms with Crippen LogP contribution in [0.15, 0.2) is 36.9 Å². The van der Waals surface area contributed by atoms with Crippen molar-refractivity contribution in [1.82, 2.24) is 0 Å². The van der Waals surface area contributed by atoms with Gasteiger partial charge in [0.25, 0.3) is 0 Å². The second-order valence-electron chi connectivity index (χ2n) is 5.66. The van der Waals surface area contributed by atoms with Crippen LogP contribution < -0.4 is 0 Å². The van der Waals surface area contributed by atoms with Crippen molar-refractivity contribution >= 4 is 5.97 Å². The summed E-state index contributed by atoms with van der Waals surface area (Å²) in [4.78, 5) is 11.7. The third-order valence-electron chi connectivity index (χ3n) is 2.63. The number of carbonyl (C=O) groups is 1. The molecule has 3 nitrogen and oxygen atoms in total. The van der Waals surface area contributed by atoms with Crippen LogP contribution in [0.25, 0.3) is 0 Å². The zero-order chi connectivity index (χ0) is 15.0. The highest BCUT2D eigenvalue weighted by Gasteiger charge is 2.16. The number of benzene rings is 1. The van der Waals surface area contributed by atoms with Crippen LogP contribution >= 0.6 is 0 Å². The van der Waals surface area contributed by atoms with Gasteiger partial charge in [0.2, 0.25) is 0 Å². The molecule has 0 heterocycles. The van der Waals surface area contributed by atoms with E-state index in [4.69, 9.17) is 9.47 Å². The molecule has 0 bridgehead atoms. The Kier molecular flexibility index (Phi) is 6.46. The summed E-state index contributed by atoms with van der Waals surface area (Å²) in [6, 6.07) is 8.00. The van der Waals surface area contributed by atoms with Crippen molar-refractivity contribution in [2.75, 3.05) is 6.61 Å². The fourth-order valence-corrected chi connectivity index (χ4v) is 1.82. The maximum absolute atomic E-state index is 11.7. The number of hydrogen-bond acceptors (Lipinski definition) is 3. The van der Waals surface area contributed by atoms with E-state index in [1.165, 1.54) is 0 Å². The van der Waals surface area contributed by atoms with Crippen LogP contribution in [0, 0.1) is 0 Å². The molecule has 0 aliphatic heterocycles. The first kappa shape index (κ1) is 16.4. The second-order valence-corrected chi connectivity index (χ2v) is 5.66. The van der Waals surface area contributed by atoms with Crippen molar-refractivity contribution < 1.29 is 14.3 Å². The minimum absolute atomic E-state index is 0.167. The predicted octanol–water partition coefficient (Wildman–Crippen LogP) is 3.66. The summed E-state index contributed by atoms with van der Waals surface area (Å²) in [7, 11) is 0. The highest BCUT2D eigenvalue weighted by Crippen LogP contribution is 2.14. The molecule has 0 amide bonds. The minimum atomic E-state index is -0.427. The van der Waals surface area contributed by atoms with E-state index in [9.17, 15) is 4.79 Å². The lowest BCUT2D eigenvalue weighted by molar-refractivity contribution is -0.154. The van der Waals surface area contributed by atoms with Crippen molar-refractivity contribution in [2.24, 2.45) is 0 Å². The van der Waals surface area contributed by atoms with Crippen molar-refractivity contribution in [3.8, 4) is 0 Å². The molecular weight excluding hydrogens is 252 g/mol. The monoisotopic (exact) mass is 276 g/mol. The van der Waals surface area contributed by atoms with Gasteiger partial charge in [0.1, 0.15) is 5.60 Å². The van der Waals surface area contributed by atoms with Gasteiger partial charge in [0.15, 0.2) is 0 Å². The van der Waals surface area contributed by atoms with E-state index in [0.29, 0.717) is 26.1 Å². The molecule has 0 aliphatic rings. The molecular formula is C17H24O3. The SMILES string of the molecule is C=CCOCc1ccccc1CCC(=O)OC(C)(C)C. The molecule has 1 rings (SSSR count). The topological polar surface area (TPSA) is 35.5 Å². The summed E-state index contributed by atoms with van der Waals surface area (Å²) in [5.41, 5.74) is 1.81. The second kappa shape index (κ2) is 7.85. The van der Waals surface area contributed by atoms with Gasteiger partial charge < -0.3 is 9.47 Å². The molecule has 1 aromatic carbocycles. The largest absolute Gasteiger partial charge is 0.460 e. The maximum atomic E-state index is 11.7. The number of aryl methyl sites for hydroxylation is 1. The van der Waals surface area contributed by atoms with E-state index < -0.39 is 5.60 Å². The third kappa shape index (κ3) is 6.53. The Balaban J connectivity index is 2.54. The predicted molar refractivity (Wildman–Crippen MR) is 80.5 cm³/mol. The molecule has 0 aliphatic carbocycles.